The fraction of sp³-hybridized carbons (Fsp3) is 0.857. The van der Waals surface area contributed by atoms with Gasteiger partial charge in [-0.2, -0.15) is 0 Å². The molecule has 1 aliphatic rings. The maximum atomic E-state index is 12.2. The van der Waals surface area contributed by atoms with Crippen LogP contribution in [-0.2, 0) is 9.59 Å². The maximum Gasteiger partial charge on any atom is 0.244 e. The molecule has 1 aliphatic heterocycles. The Balaban J connectivity index is 2.60. The molecule has 19 heavy (non-hydrogen) atoms. The zero-order valence-electron chi connectivity index (χ0n) is 12.5. The highest BCUT2D eigenvalue weighted by Crippen LogP contribution is 2.10. The van der Waals surface area contributed by atoms with Crippen molar-refractivity contribution in [3.63, 3.8) is 0 Å². The molecule has 2 amide bonds. The molecule has 0 aliphatic carbocycles. The Bertz CT molecular complexity index is 310. The van der Waals surface area contributed by atoms with Crippen molar-refractivity contribution in [1.29, 1.82) is 0 Å². The van der Waals surface area contributed by atoms with Crippen molar-refractivity contribution >= 4 is 11.8 Å². The third-order valence-corrected chi connectivity index (χ3v) is 3.39. The molecule has 1 rings (SSSR count). The van der Waals surface area contributed by atoms with Crippen LogP contribution in [0, 0.1) is 5.92 Å². The van der Waals surface area contributed by atoms with Crippen molar-refractivity contribution in [3.05, 3.63) is 0 Å². The minimum absolute atomic E-state index is 0.0298. The summed E-state index contributed by atoms with van der Waals surface area (Å²) in [5, 5.41) is 6.12. The van der Waals surface area contributed by atoms with Crippen LogP contribution in [0.3, 0.4) is 0 Å². The third kappa shape index (κ3) is 5.19. The van der Waals surface area contributed by atoms with Gasteiger partial charge in [0, 0.05) is 14.1 Å². The molecule has 0 radical (unpaired) electrons. The first-order valence-corrected chi connectivity index (χ1v) is 7.16. The predicted octanol–water partition coefficient (Wildman–Crippen LogP) is 0.748. The molecule has 5 nitrogen and oxygen atoms in total. The number of rotatable bonds is 5. The summed E-state index contributed by atoms with van der Waals surface area (Å²) in [5.74, 6) is 0.298. The first kappa shape index (κ1) is 16.0. The van der Waals surface area contributed by atoms with E-state index < -0.39 is 6.04 Å². The molecule has 1 fully saturated rings. The summed E-state index contributed by atoms with van der Waals surface area (Å²) in [6.07, 6.45) is 3.73. The van der Waals surface area contributed by atoms with Crippen molar-refractivity contribution < 1.29 is 9.59 Å². The van der Waals surface area contributed by atoms with Gasteiger partial charge in [0.25, 0.3) is 0 Å². The average Bonchev–Trinajstić information content (AvgIpc) is 2.37. The van der Waals surface area contributed by atoms with E-state index in [1.807, 2.05) is 0 Å². The second kappa shape index (κ2) is 7.48. The first-order valence-electron chi connectivity index (χ1n) is 7.16. The highest BCUT2D eigenvalue weighted by molar-refractivity contribution is 5.89. The number of likely N-dealkylation sites (N-methyl/N-ethyl adjacent to an activating group) is 1. The van der Waals surface area contributed by atoms with Crippen LogP contribution >= 0.6 is 0 Å². The molecular formula is C14H27N3O2. The summed E-state index contributed by atoms with van der Waals surface area (Å²) in [4.78, 5) is 25.8. The van der Waals surface area contributed by atoms with Crippen molar-refractivity contribution in [1.82, 2.24) is 15.5 Å². The summed E-state index contributed by atoms with van der Waals surface area (Å²) < 4.78 is 0. The Kier molecular flexibility index (Phi) is 6.28. The number of hydrogen-bond donors (Lipinski definition) is 2. The largest absolute Gasteiger partial charge is 0.347 e. The van der Waals surface area contributed by atoms with E-state index in [1.54, 1.807) is 19.0 Å². The summed E-state index contributed by atoms with van der Waals surface area (Å²) in [6.45, 7) is 5.00. The second-order valence-electron chi connectivity index (χ2n) is 5.93. The third-order valence-electron chi connectivity index (χ3n) is 3.39. The summed E-state index contributed by atoms with van der Waals surface area (Å²) >= 11 is 0. The minimum Gasteiger partial charge on any atom is -0.347 e. The molecule has 0 aromatic heterocycles. The first-order chi connectivity index (χ1) is 8.91. The molecule has 1 heterocycles. The monoisotopic (exact) mass is 269 g/mol. The van der Waals surface area contributed by atoms with E-state index in [9.17, 15) is 9.59 Å². The molecule has 0 aromatic carbocycles. The fourth-order valence-corrected chi connectivity index (χ4v) is 2.35. The maximum absolute atomic E-state index is 12.2. The lowest BCUT2D eigenvalue weighted by molar-refractivity contribution is -0.135. The fourth-order valence-electron chi connectivity index (χ4n) is 2.35. The molecule has 2 atom stereocenters. The van der Waals surface area contributed by atoms with Crippen molar-refractivity contribution in [3.8, 4) is 0 Å². The normalized spacial score (nSPS) is 21.0. The Hall–Kier alpha value is -1.10. The Morgan fingerprint density at radius 2 is 2.00 bits per heavy atom. The Morgan fingerprint density at radius 1 is 1.32 bits per heavy atom. The SMILES string of the molecule is CC(C)CC(NC(=O)C1CCCCN1)C(=O)N(C)C. The zero-order chi connectivity index (χ0) is 14.4. The summed E-state index contributed by atoms with van der Waals surface area (Å²) in [7, 11) is 3.45. The van der Waals surface area contributed by atoms with Crippen LogP contribution < -0.4 is 10.6 Å². The molecule has 0 bridgehead atoms. The molecule has 0 saturated carbocycles. The number of hydrogen-bond acceptors (Lipinski definition) is 3. The second-order valence-corrected chi connectivity index (χ2v) is 5.93. The van der Waals surface area contributed by atoms with Crippen LogP contribution in [0.2, 0.25) is 0 Å². The molecule has 2 N–H and O–H groups in total. The smallest absolute Gasteiger partial charge is 0.244 e. The van der Waals surface area contributed by atoms with E-state index in [1.165, 1.54) is 0 Å². The minimum atomic E-state index is -0.411. The van der Waals surface area contributed by atoms with Gasteiger partial charge in [-0.3, -0.25) is 9.59 Å². The van der Waals surface area contributed by atoms with Crippen LogP contribution in [0.1, 0.15) is 39.5 Å². The van der Waals surface area contributed by atoms with Gasteiger partial charge in [0.05, 0.1) is 6.04 Å². The number of carbonyl (C=O) groups excluding carboxylic acids is 2. The van der Waals surface area contributed by atoms with E-state index in [4.69, 9.17) is 0 Å². The lowest BCUT2D eigenvalue weighted by Crippen LogP contribution is -2.53. The molecule has 5 heteroatoms. The topological polar surface area (TPSA) is 61.4 Å². The number of carbonyl (C=O) groups is 2. The predicted molar refractivity (Wildman–Crippen MR) is 75.7 cm³/mol. The molecule has 110 valence electrons. The van der Waals surface area contributed by atoms with Crippen LogP contribution in [0.15, 0.2) is 0 Å². The number of piperidine rings is 1. The molecule has 0 aromatic rings. The number of nitrogens with one attached hydrogen (secondary N) is 2. The van der Waals surface area contributed by atoms with Gasteiger partial charge in [-0.1, -0.05) is 20.3 Å². The zero-order valence-corrected chi connectivity index (χ0v) is 12.5. The van der Waals surface area contributed by atoms with Gasteiger partial charge in [-0.05, 0) is 31.7 Å². The highest BCUT2D eigenvalue weighted by atomic mass is 16.2. The molecule has 1 saturated heterocycles. The molecule has 0 spiro atoms. The van der Waals surface area contributed by atoms with E-state index in [0.29, 0.717) is 12.3 Å². The highest BCUT2D eigenvalue weighted by Gasteiger charge is 2.27. The van der Waals surface area contributed by atoms with Crippen LogP contribution in [0.5, 0.6) is 0 Å². The number of amides is 2. The quantitative estimate of drug-likeness (QED) is 0.774. The van der Waals surface area contributed by atoms with E-state index >= 15 is 0 Å². The summed E-state index contributed by atoms with van der Waals surface area (Å²) in [6, 6.07) is -0.551. The lowest BCUT2D eigenvalue weighted by Gasteiger charge is -2.27. The van der Waals surface area contributed by atoms with Gasteiger partial charge in [0.1, 0.15) is 6.04 Å². The van der Waals surface area contributed by atoms with Crippen molar-refractivity contribution in [2.24, 2.45) is 5.92 Å². The van der Waals surface area contributed by atoms with Gasteiger partial charge >= 0.3 is 0 Å². The Labute approximate surface area is 116 Å². The van der Waals surface area contributed by atoms with E-state index in [0.717, 1.165) is 25.8 Å². The van der Waals surface area contributed by atoms with Gasteiger partial charge < -0.3 is 15.5 Å². The summed E-state index contributed by atoms with van der Waals surface area (Å²) in [5.41, 5.74) is 0. The lowest BCUT2D eigenvalue weighted by atomic mass is 10.0. The molecular weight excluding hydrogens is 242 g/mol. The Morgan fingerprint density at radius 3 is 2.47 bits per heavy atom. The average molecular weight is 269 g/mol. The van der Waals surface area contributed by atoms with Crippen LogP contribution in [-0.4, -0.2) is 49.4 Å². The van der Waals surface area contributed by atoms with Crippen molar-refractivity contribution in [2.45, 2.75) is 51.6 Å². The van der Waals surface area contributed by atoms with E-state index in [-0.39, 0.29) is 17.9 Å². The molecule has 2 unspecified atom stereocenters. The van der Waals surface area contributed by atoms with Gasteiger partial charge in [-0.15, -0.1) is 0 Å². The number of nitrogens with zero attached hydrogens (tertiary/aromatic N) is 1. The van der Waals surface area contributed by atoms with Gasteiger partial charge in [-0.25, -0.2) is 0 Å². The van der Waals surface area contributed by atoms with Gasteiger partial charge in [0.2, 0.25) is 11.8 Å². The van der Waals surface area contributed by atoms with Crippen LogP contribution in [0.25, 0.3) is 0 Å². The van der Waals surface area contributed by atoms with Gasteiger partial charge in [0.15, 0.2) is 0 Å². The van der Waals surface area contributed by atoms with E-state index in [2.05, 4.69) is 24.5 Å². The standard InChI is InChI=1S/C14H27N3O2/c1-10(2)9-12(14(19)17(3)4)16-13(18)11-7-5-6-8-15-11/h10-12,15H,5-9H2,1-4H3,(H,16,18). The van der Waals surface area contributed by atoms with Crippen molar-refractivity contribution in [2.75, 3.05) is 20.6 Å². The van der Waals surface area contributed by atoms with Crippen LogP contribution in [0.4, 0.5) is 0 Å².